The van der Waals surface area contributed by atoms with Crippen LogP contribution in [0.5, 0.6) is 11.5 Å². The summed E-state index contributed by atoms with van der Waals surface area (Å²) in [5, 5.41) is 8.90. The van der Waals surface area contributed by atoms with Gasteiger partial charge in [0.25, 0.3) is 0 Å². The number of rotatable bonds is 11. The van der Waals surface area contributed by atoms with E-state index < -0.39 is 77.5 Å². The van der Waals surface area contributed by atoms with Crippen molar-refractivity contribution < 1.29 is 68.5 Å². The van der Waals surface area contributed by atoms with Gasteiger partial charge in [-0.3, -0.25) is 9.59 Å². The third-order valence-corrected chi connectivity index (χ3v) is 6.95. The Morgan fingerprint density at radius 3 is 1.98 bits per heavy atom. The van der Waals surface area contributed by atoms with Crippen molar-refractivity contribution in [1.29, 1.82) is 0 Å². The zero-order valence-corrected chi connectivity index (χ0v) is 23.6. The van der Waals surface area contributed by atoms with E-state index in [1.54, 1.807) is 0 Å². The highest BCUT2D eigenvalue weighted by Crippen LogP contribution is 2.54. The molecule has 0 aliphatic carbocycles. The van der Waals surface area contributed by atoms with Crippen molar-refractivity contribution in [2.45, 2.75) is 44.4 Å². The van der Waals surface area contributed by atoms with E-state index in [0.717, 1.165) is 26.2 Å². The summed E-state index contributed by atoms with van der Waals surface area (Å²) in [7, 11) is 1.12. The maximum absolute atomic E-state index is 14.7. The number of aromatic carboxylic acids is 1. The van der Waals surface area contributed by atoms with Gasteiger partial charge in [-0.2, -0.15) is 35.1 Å². The first-order valence-electron chi connectivity index (χ1n) is 12.4. The van der Waals surface area contributed by atoms with Gasteiger partial charge in [0.15, 0.2) is 11.6 Å². The maximum Gasteiger partial charge on any atom is 0.435 e. The topological polar surface area (TPSA) is 89.9 Å². The molecular formula is C29H20ClF9O6. The molecule has 0 spiro atoms. The Bertz CT molecular complexity index is 1620. The summed E-state index contributed by atoms with van der Waals surface area (Å²) in [5.41, 5.74) is -9.59. The molecular weight excluding hydrogens is 651 g/mol. The first-order chi connectivity index (χ1) is 20.7. The maximum atomic E-state index is 14.7. The normalized spacial score (nSPS) is 12.3. The van der Waals surface area contributed by atoms with Gasteiger partial charge in [-0.25, -0.2) is 9.18 Å². The van der Waals surface area contributed by atoms with Gasteiger partial charge in [0.05, 0.1) is 23.3 Å². The predicted molar refractivity (Wildman–Crippen MR) is 140 cm³/mol. The van der Waals surface area contributed by atoms with Crippen molar-refractivity contribution >= 4 is 29.1 Å². The molecule has 3 aromatic rings. The van der Waals surface area contributed by atoms with Crippen LogP contribution in [0.2, 0.25) is 5.02 Å². The third-order valence-electron chi connectivity index (χ3n) is 6.63. The molecule has 0 aliphatic heterocycles. The lowest BCUT2D eigenvalue weighted by Crippen LogP contribution is -2.50. The monoisotopic (exact) mass is 670 g/mol. The number of carboxylic acid groups (broad SMARTS) is 1. The van der Waals surface area contributed by atoms with Crippen LogP contribution in [0, 0.1) is 6.92 Å². The molecule has 0 bridgehead atoms. The van der Waals surface area contributed by atoms with E-state index in [9.17, 15) is 53.9 Å². The quantitative estimate of drug-likeness (QED) is 0.164. The van der Waals surface area contributed by atoms with Crippen molar-refractivity contribution in [3.63, 3.8) is 0 Å². The minimum absolute atomic E-state index is 0.0633. The molecule has 0 aliphatic rings. The number of Topliss-reactive ketones (excluding diaryl/α,β-unsaturated/α-hetero) is 2. The molecule has 0 atom stereocenters. The Balaban J connectivity index is 2.04. The lowest BCUT2D eigenvalue weighted by molar-refractivity contribution is -0.348. The zero-order chi connectivity index (χ0) is 34.1. The second-order valence-corrected chi connectivity index (χ2v) is 9.91. The smallest absolute Gasteiger partial charge is 0.435 e. The average molecular weight is 671 g/mol. The minimum Gasteiger partial charge on any atom is -0.496 e. The number of benzene rings is 3. The van der Waals surface area contributed by atoms with Crippen LogP contribution in [0.3, 0.4) is 0 Å². The van der Waals surface area contributed by atoms with Crippen molar-refractivity contribution in [3.05, 3.63) is 92.5 Å². The first kappa shape index (κ1) is 35.2. The molecule has 0 fully saturated rings. The van der Waals surface area contributed by atoms with E-state index in [4.69, 9.17) is 21.4 Å². The number of carbonyl (C=O) groups excluding carboxylic acids is 2. The van der Waals surface area contributed by atoms with Gasteiger partial charge in [0.2, 0.25) is 0 Å². The number of para-hydroxylation sites is 1. The largest absolute Gasteiger partial charge is 0.496 e. The number of hydrogen-bond donors (Lipinski definition) is 1. The molecule has 0 aromatic heterocycles. The van der Waals surface area contributed by atoms with Crippen LogP contribution >= 0.6 is 11.6 Å². The summed E-state index contributed by atoms with van der Waals surface area (Å²) in [6.07, 6.45) is -14.4. The van der Waals surface area contributed by atoms with Gasteiger partial charge in [-0.1, -0.05) is 29.8 Å². The number of hydrogen-bond acceptors (Lipinski definition) is 5. The second kappa shape index (κ2) is 13.0. The molecule has 0 unspecified atom stereocenters. The fourth-order valence-corrected chi connectivity index (χ4v) is 4.77. The molecule has 0 amide bonds. The highest BCUT2D eigenvalue weighted by atomic mass is 35.5. The van der Waals surface area contributed by atoms with Crippen molar-refractivity contribution in [2.24, 2.45) is 0 Å². The van der Waals surface area contributed by atoms with E-state index in [-0.39, 0.29) is 45.2 Å². The molecule has 0 radical (unpaired) electrons. The van der Waals surface area contributed by atoms with Crippen LogP contribution in [0.1, 0.15) is 53.3 Å². The van der Waals surface area contributed by atoms with Crippen LogP contribution < -0.4 is 9.47 Å². The number of methoxy groups -OCH3 is 1. The number of alkyl halides is 9. The number of ketones is 2. The Kier molecular flexibility index (Phi) is 10.2. The molecule has 3 aromatic carbocycles. The van der Waals surface area contributed by atoms with Gasteiger partial charge >= 0.3 is 30.6 Å². The van der Waals surface area contributed by atoms with Crippen LogP contribution in [-0.4, -0.2) is 48.7 Å². The molecule has 0 heterocycles. The predicted octanol–water partition coefficient (Wildman–Crippen LogP) is 8.10. The van der Waals surface area contributed by atoms with Crippen molar-refractivity contribution in [1.82, 2.24) is 0 Å². The Labute approximate surface area is 253 Å². The zero-order valence-electron chi connectivity index (χ0n) is 22.9. The molecule has 16 heteroatoms. The number of halogens is 10. The average Bonchev–Trinajstić information content (AvgIpc) is 2.92. The van der Waals surface area contributed by atoms with Gasteiger partial charge < -0.3 is 14.6 Å². The Morgan fingerprint density at radius 1 is 0.867 bits per heavy atom. The summed E-state index contributed by atoms with van der Waals surface area (Å²) < 4.78 is 130. The van der Waals surface area contributed by atoms with Gasteiger partial charge in [-0.05, 0) is 42.8 Å². The van der Waals surface area contributed by atoms with Gasteiger partial charge in [0, 0.05) is 35.1 Å². The highest BCUT2D eigenvalue weighted by molar-refractivity contribution is 6.34. The molecule has 6 nitrogen and oxygen atoms in total. The SMILES string of the molecule is COc1c(CC(=O)c2ccc(C(=O)O)cc2Cl)cccc1C(=O)Cc1c(C)cc(C(F)(C(F)(F)F)C(F)(F)F)cc1OC(F)F. The van der Waals surface area contributed by atoms with Gasteiger partial charge in [-0.15, -0.1) is 0 Å². The van der Waals surface area contributed by atoms with E-state index in [2.05, 4.69) is 4.74 Å². The summed E-state index contributed by atoms with van der Waals surface area (Å²) in [6, 6.07) is 7.20. The highest BCUT2D eigenvalue weighted by Gasteiger charge is 2.73. The molecule has 1 N–H and O–H groups in total. The lowest BCUT2D eigenvalue weighted by atomic mass is 9.88. The third kappa shape index (κ3) is 7.18. The van der Waals surface area contributed by atoms with E-state index >= 15 is 0 Å². The number of carbonyl (C=O) groups is 3. The summed E-state index contributed by atoms with van der Waals surface area (Å²) in [5.74, 6) is -4.34. The van der Waals surface area contributed by atoms with Crippen LogP contribution in [0.15, 0.2) is 48.5 Å². The second-order valence-electron chi connectivity index (χ2n) is 9.50. The number of ether oxygens (including phenoxy) is 2. The van der Waals surface area contributed by atoms with Crippen molar-refractivity contribution in [2.75, 3.05) is 7.11 Å². The van der Waals surface area contributed by atoms with Crippen LogP contribution in [0.25, 0.3) is 0 Å². The van der Waals surface area contributed by atoms with E-state index in [1.165, 1.54) is 24.3 Å². The summed E-state index contributed by atoms with van der Waals surface area (Å²) in [6.45, 7) is -2.90. The van der Waals surface area contributed by atoms with Crippen LogP contribution in [-0.2, 0) is 18.5 Å². The number of aryl methyl sites for hydroxylation is 1. The molecule has 0 saturated heterocycles. The minimum atomic E-state index is -6.54. The Hall–Kier alpha value is -4.27. The fourth-order valence-electron chi connectivity index (χ4n) is 4.48. The first-order valence-corrected chi connectivity index (χ1v) is 12.8. The van der Waals surface area contributed by atoms with Gasteiger partial charge in [0.1, 0.15) is 11.5 Å². The van der Waals surface area contributed by atoms with E-state index in [1.807, 2.05) is 0 Å². The van der Waals surface area contributed by atoms with Crippen molar-refractivity contribution in [3.8, 4) is 11.5 Å². The standard InChI is InChI=1S/C29H20ClF9O6/c1-13-8-16(27(33,28(34,35)36)29(37,38)39)11-23(45-26(31)32)19(13)12-22(41)18-5-3-4-14(24(18)44-2)10-21(40)17-7-6-15(25(42)43)9-20(17)30/h3-9,11,26H,10,12H2,1-2H3,(H,42,43). The molecule has 3 rings (SSSR count). The molecule has 242 valence electrons. The van der Waals surface area contributed by atoms with Crippen LogP contribution in [0.4, 0.5) is 39.5 Å². The van der Waals surface area contributed by atoms with E-state index in [0.29, 0.717) is 0 Å². The fraction of sp³-hybridized carbons (Fsp3) is 0.276. The summed E-state index contributed by atoms with van der Waals surface area (Å²) >= 11 is 6.05. The Morgan fingerprint density at radius 2 is 1.47 bits per heavy atom. The number of carboxylic acids is 1. The lowest BCUT2D eigenvalue weighted by Gasteiger charge is -2.31. The molecule has 0 saturated carbocycles. The summed E-state index contributed by atoms with van der Waals surface area (Å²) in [4.78, 5) is 37.4. The molecule has 45 heavy (non-hydrogen) atoms.